The lowest BCUT2D eigenvalue weighted by Gasteiger charge is -2.05. The fraction of sp³-hybridized carbons (Fsp3) is 0.154. The first-order valence-corrected chi connectivity index (χ1v) is 10.4. The van der Waals surface area contributed by atoms with Crippen LogP contribution in [0.5, 0.6) is 0 Å². The molecule has 160 valence electrons. The highest BCUT2D eigenvalue weighted by molar-refractivity contribution is 5.62. The van der Waals surface area contributed by atoms with Crippen molar-refractivity contribution >= 4 is 12.0 Å². The molecule has 0 bridgehead atoms. The Morgan fingerprint density at radius 2 is 1.50 bits per heavy atom. The number of unbranched alkanes of at least 4 members (excludes halogenated alkanes) is 1. The van der Waals surface area contributed by atoms with Crippen molar-refractivity contribution in [2.75, 3.05) is 0 Å². The summed E-state index contributed by atoms with van der Waals surface area (Å²) in [7, 11) is 0. The van der Waals surface area contributed by atoms with Crippen molar-refractivity contribution in [2.45, 2.75) is 26.2 Å². The predicted molar refractivity (Wildman–Crippen MR) is 122 cm³/mol. The van der Waals surface area contributed by atoms with Crippen LogP contribution in [0, 0.1) is 31.7 Å². The zero-order valence-electron chi connectivity index (χ0n) is 17.7. The van der Waals surface area contributed by atoms with Crippen LogP contribution in [0.15, 0.2) is 58.1 Å². The van der Waals surface area contributed by atoms with Crippen molar-refractivity contribution in [3.8, 4) is 0 Å². The van der Waals surface area contributed by atoms with Gasteiger partial charge in [0.15, 0.2) is 10.9 Å². The van der Waals surface area contributed by atoms with E-state index in [0.717, 1.165) is 31.1 Å². The van der Waals surface area contributed by atoms with E-state index in [-0.39, 0.29) is 36.8 Å². The van der Waals surface area contributed by atoms with Crippen LogP contribution in [-0.2, 0) is 6.42 Å². The zero-order chi connectivity index (χ0) is 23.0. The van der Waals surface area contributed by atoms with Gasteiger partial charge in [0.05, 0.1) is 27.4 Å². The fourth-order valence-corrected chi connectivity index (χ4v) is 4.06. The summed E-state index contributed by atoms with van der Waals surface area (Å²) in [6, 6.07) is 13.7. The van der Waals surface area contributed by atoms with Crippen LogP contribution in [0.2, 0.25) is 0 Å². The summed E-state index contributed by atoms with van der Waals surface area (Å²) in [4.78, 5) is 26.3. The summed E-state index contributed by atoms with van der Waals surface area (Å²) in [5.41, 5.74) is 7.68. The molecule has 3 aliphatic carbocycles. The summed E-state index contributed by atoms with van der Waals surface area (Å²) < 4.78 is 0. The number of nitrogens with two attached hydrogens (primary N) is 1. The third kappa shape index (κ3) is 3.30. The van der Waals surface area contributed by atoms with Crippen LogP contribution in [0.1, 0.15) is 30.9 Å². The van der Waals surface area contributed by atoms with Gasteiger partial charge in [0, 0.05) is 26.6 Å². The van der Waals surface area contributed by atoms with Crippen LogP contribution in [0.3, 0.4) is 0 Å². The van der Waals surface area contributed by atoms with Gasteiger partial charge in [-0.3, -0.25) is 20.4 Å². The molecule has 1 aromatic carbocycles. The molecule has 0 saturated carbocycles. The lowest BCUT2D eigenvalue weighted by molar-refractivity contribution is 0.539. The quantitative estimate of drug-likeness (QED) is 0.378. The minimum atomic E-state index is -0.512. The molecule has 0 heterocycles. The van der Waals surface area contributed by atoms with E-state index in [9.17, 15) is 14.7 Å². The maximum Gasteiger partial charge on any atom is 0.196 e. The Morgan fingerprint density at radius 1 is 0.906 bits per heavy atom. The molecule has 0 amide bonds. The van der Waals surface area contributed by atoms with Gasteiger partial charge in [0.25, 0.3) is 0 Å². The Bertz CT molecular complexity index is 1800. The molecule has 0 saturated heterocycles. The van der Waals surface area contributed by atoms with E-state index in [1.54, 1.807) is 6.07 Å². The number of hydrogen-bond acceptors (Lipinski definition) is 6. The molecule has 0 atom stereocenters. The number of aliphatic hydroxyl groups is 1. The Kier molecular flexibility index (Phi) is 5.45. The van der Waals surface area contributed by atoms with Gasteiger partial charge in [-0.25, -0.2) is 0 Å². The van der Waals surface area contributed by atoms with Crippen LogP contribution < -0.4 is 37.7 Å². The Morgan fingerprint density at radius 3 is 2.09 bits per heavy atom. The Balaban J connectivity index is 2.06. The van der Waals surface area contributed by atoms with Crippen molar-refractivity contribution in [3.63, 3.8) is 0 Å². The average Bonchev–Trinajstić information content (AvgIpc) is 2.80. The topological polar surface area (TPSA) is 128 Å². The molecule has 6 nitrogen and oxygen atoms in total. The van der Waals surface area contributed by atoms with Crippen molar-refractivity contribution in [2.24, 2.45) is 5.73 Å². The molecule has 1 aromatic rings. The van der Waals surface area contributed by atoms with Crippen LogP contribution in [-0.4, -0.2) is 5.11 Å². The van der Waals surface area contributed by atoms with Crippen molar-refractivity contribution in [3.05, 3.63) is 122 Å². The molecule has 4 rings (SSSR count). The first-order chi connectivity index (χ1) is 15.4. The average molecular weight is 425 g/mol. The van der Waals surface area contributed by atoms with E-state index in [1.165, 1.54) is 23.8 Å². The van der Waals surface area contributed by atoms with Gasteiger partial charge in [0.1, 0.15) is 0 Å². The zero-order valence-corrected chi connectivity index (χ0v) is 17.7. The Labute approximate surface area is 182 Å². The molecular weight excluding hydrogens is 402 g/mol. The minimum Gasteiger partial charge on any atom is -0.515 e. The highest BCUT2D eigenvalue weighted by Gasteiger charge is 2.10. The molecule has 0 unspecified atom stereocenters. The third-order valence-electron chi connectivity index (χ3n) is 5.90. The smallest absolute Gasteiger partial charge is 0.196 e. The maximum absolute atomic E-state index is 13.2. The fourth-order valence-electron chi connectivity index (χ4n) is 4.06. The minimum absolute atomic E-state index is 0.0114. The van der Waals surface area contributed by atoms with E-state index < -0.39 is 10.9 Å². The molecule has 3 aliphatic rings. The molecule has 6 heteroatoms. The summed E-state index contributed by atoms with van der Waals surface area (Å²) in [6.45, 7) is 2.14. The highest BCUT2D eigenvalue weighted by Crippen LogP contribution is 2.10. The van der Waals surface area contributed by atoms with Crippen LogP contribution in [0.4, 0.5) is 0 Å². The van der Waals surface area contributed by atoms with Gasteiger partial charge in [-0.2, -0.15) is 0 Å². The lowest BCUT2D eigenvalue weighted by atomic mass is 10.0. The summed E-state index contributed by atoms with van der Waals surface area (Å²) in [6.07, 6.45) is 3.95. The van der Waals surface area contributed by atoms with E-state index in [1.807, 2.05) is 24.3 Å². The second kappa shape index (κ2) is 8.23. The largest absolute Gasteiger partial charge is 0.515 e. The highest BCUT2D eigenvalue weighted by atomic mass is 16.2. The first kappa shape index (κ1) is 21.2. The van der Waals surface area contributed by atoms with Gasteiger partial charge >= 0.3 is 0 Å². The van der Waals surface area contributed by atoms with Crippen molar-refractivity contribution < 1.29 is 5.11 Å². The molecule has 0 radical (unpaired) electrons. The van der Waals surface area contributed by atoms with Gasteiger partial charge in [-0.05, 0) is 48.2 Å². The molecule has 0 fully saturated rings. The molecule has 0 aromatic heterocycles. The van der Waals surface area contributed by atoms with Gasteiger partial charge in [0.2, 0.25) is 0 Å². The number of benzene rings is 1. The van der Waals surface area contributed by atoms with Gasteiger partial charge in [-0.1, -0.05) is 37.6 Å². The van der Waals surface area contributed by atoms with Crippen molar-refractivity contribution in [1.29, 1.82) is 10.8 Å². The molecule has 5 N–H and O–H groups in total. The van der Waals surface area contributed by atoms with E-state index in [2.05, 4.69) is 6.92 Å². The normalized spacial score (nSPS) is 13.1. The standard InChI is InChI=1S/C26H23N3O3/c1-2-3-4-14-5-7-15(8-6-14)22(27)19-12-11-18-21(24(19)29)26(32)17-10-9-16(13-30)23(28)20(17)25(18)31/h5-13,28-30H,2-4,27H2,1H3/b16-13-,22-19-,28-23?,29-24?. The number of aryl methyl sites for hydroxylation is 1. The second-order valence-electron chi connectivity index (χ2n) is 7.86. The summed E-state index contributed by atoms with van der Waals surface area (Å²) >= 11 is 0. The van der Waals surface area contributed by atoms with Crippen LogP contribution >= 0.6 is 0 Å². The predicted octanol–water partition coefficient (Wildman–Crippen LogP) is 0.445. The van der Waals surface area contributed by atoms with Crippen LogP contribution in [0.25, 0.3) is 12.0 Å². The van der Waals surface area contributed by atoms with E-state index in [0.29, 0.717) is 10.9 Å². The number of nitrogens with one attached hydrogen (secondary N) is 2. The SMILES string of the molecule is CCCCc1ccc(/C(N)=c2\ccc3c(=O)c4c(=N)/c(=C\O)ccc=4c(=O)c=3c2=N)cc1. The monoisotopic (exact) mass is 425 g/mol. The third-order valence-corrected chi connectivity index (χ3v) is 5.90. The number of rotatable bonds is 4. The molecular formula is C26H23N3O3. The lowest BCUT2D eigenvalue weighted by Crippen LogP contribution is -2.38. The summed E-state index contributed by atoms with van der Waals surface area (Å²) in [5, 5.41) is 26.4. The number of hydrogen-bond donors (Lipinski definition) is 4. The second-order valence-corrected chi connectivity index (χ2v) is 7.86. The maximum atomic E-state index is 13.2. The Hall–Kier alpha value is -4.06. The van der Waals surface area contributed by atoms with Crippen molar-refractivity contribution in [1.82, 2.24) is 0 Å². The first-order valence-electron chi connectivity index (χ1n) is 10.4. The molecule has 0 spiro atoms. The number of aliphatic hydroxyl groups excluding tert-OH is 1. The summed E-state index contributed by atoms with van der Waals surface area (Å²) in [5.74, 6) is 0. The van der Waals surface area contributed by atoms with E-state index >= 15 is 0 Å². The van der Waals surface area contributed by atoms with Gasteiger partial charge < -0.3 is 10.8 Å². The van der Waals surface area contributed by atoms with E-state index in [4.69, 9.17) is 16.6 Å². The molecule has 0 aliphatic heterocycles. The molecule has 32 heavy (non-hydrogen) atoms. The van der Waals surface area contributed by atoms with Gasteiger partial charge in [-0.15, -0.1) is 0 Å².